The van der Waals surface area contributed by atoms with Gasteiger partial charge in [0.1, 0.15) is 24.0 Å². The van der Waals surface area contributed by atoms with E-state index in [9.17, 15) is 15.0 Å². The van der Waals surface area contributed by atoms with E-state index in [0.29, 0.717) is 33.9 Å². The van der Waals surface area contributed by atoms with E-state index in [4.69, 9.17) is 14.2 Å². The third-order valence-corrected chi connectivity index (χ3v) is 6.64. The second-order valence-corrected chi connectivity index (χ2v) is 10.6. The van der Waals surface area contributed by atoms with Gasteiger partial charge >= 0.3 is 0 Å². The number of hydrogen-bond acceptors (Lipinski definition) is 11. The Hall–Kier alpha value is -4.59. The van der Waals surface area contributed by atoms with Crippen LogP contribution < -0.4 is 16.2 Å². The van der Waals surface area contributed by atoms with Crippen LogP contribution in [0.25, 0.3) is 22.5 Å². The Labute approximate surface area is 241 Å². The maximum Gasteiger partial charge on any atom is 0.278 e. The summed E-state index contributed by atoms with van der Waals surface area (Å²) in [4.78, 5) is 26.6. The number of aliphatic hydroxyl groups is 2. The molecule has 4 aromatic heterocycles. The lowest BCUT2D eigenvalue weighted by Crippen LogP contribution is -2.25. The second kappa shape index (κ2) is 11.7. The van der Waals surface area contributed by atoms with Crippen LogP contribution >= 0.6 is 0 Å². The van der Waals surface area contributed by atoms with Crippen LogP contribution in [0, 0.1) is 0 Å². The molecule has 13 nitrogen and oxygen atoms in total. The molecule has 42 heavy (non-hydrogen) atoms. The number of rotatable bonds is 11. The maximum atomic E-state index is 13.0. The number of methoxy groups -OCH3 is 1. The van der Waals surface area contributed by atoms with Crippen LogP contribution in [-0.2, 0) is 17.1 Å². The monoisotopic (exact) mass is 574 g/mol. The lowest BCUT2D eigenvalue weighted by atomic mass is 10.1. The van der Waals surface area contributed by atoms with Gasteiger partial charge in [-0.05, 0) is 45.4 Å². The van der Waals surface area contributed by atoms with Crippen LogP contribution in [0.5, 0.6) is 0 Å². The Morgan fingerprint density at radius 1 is 1.10 bits per heavy atom. The molecule has 0 aliphatic carbocycles. The molecule has 1 atom stereocenters. The van der Waals surface area contributed by atoms with Crippen molar-refractivity contribution >= 4 is 28.4 Å². The minimum Gasteiger partial charge on any atom is -0.394 e. The average Bonchev–Trinajstić information content (AvgIpc) is 3.56. The fourth-order valence-electron chi connectivity index (χ4n) is 4.61. The Kier molecular flexibility index (Phi) is 8.07. The minimum atomic E-state index is -1.30. The fourth-order valence-corrected chi connectivity index (χ4v) is 4.61. The lowest BCUT2D eigenvalue weighted by molar-refractivity contribution is 0.0661. The zero-order valence-corrected chi connectivity index (χ0v) is 24.1. The van der Waals surface area contributed by atoms with E-state index in [1.807, 2.05) is 44.2 Å². The molecule has 4 heterocycles. The zero-order chi connectivity index (χ0) is 30.0. The van der Waals surface area contributed by atoms with Crippen molar-refractivity contribution in [3.63, 3.8) is 0 Å². The highest BCUT2D eigenvalue weighted by molar-refractivity contribution is 5.79. The lowest BCUT2D eigenvalue weighted by Gasteiger charge is -2.20. The molecule has 0 spiro atoms. The molecule has 0 aliphatic rings. The summed E-state index contributed by atoms with van der Waals surface area (Å²) in [5, 5.41) is 31.5. The van der Waals surface area contributed by atoms with Gasteiger partial charge in [-0.2, -0.15) is 4.98 Å². The van der Waals surface area contributed by atoms with Gasteiger partial charge in [0.2, 0.25) is 5.82 Å². The summed E-state index contributed by atoms with van der Waals surface area (Å²) in [6.45, 7) is 6.99. The zero-order valence-electron chi connectivity index (χ0n) is 24.1. The Bertz CT molecular complexity index is 1740. The predicted octanol–water partition coefficient (Wildman–Crippen LogP) is 3.94. The number of ether oxygens (including phenoxy) is 1. The Morgan fingerprint density at radius 3 is 2.50 bits per heavy atom. The number of benzene rings is 1. The summed E-state index contributed by atoms with van der Waals surface area (Å²) in [6, 6.07) is 14.2. The van der Waals surface area contributed by atoms with E-state index < -0.39 is 11.6 Å². The normalized spacial score (nSPS) is 12.7. The van der Waals surface area contributed by atoms with Crippen LogP contribution in [0.4, 0.5) is 17.3 Å². The first-order valence-electron chi connectivity index (χ1n) is 13.5. The van der Waals surface area contributed by atoms with Crippen molar-refractivity contribution in [2.45, 2.75) is 52.1 Å². The fraction of sp³-hybridized carbons (Fsp3) is 0.345. The highest BCUT2D eigenvalue weighted by Gasteiger charge is 2.26. The number of hydrogen-bond donors (Lipinski definition) is 4. The topological polar surface area (TPSA) is 165 Å². The van der Waals surface area contributed by atoms with E-state index in [1.165, 1.54) is 11.8 Å². The molecule has 0 bridgehead atoms. The number of nitrogens with one attached hydrogen (secondary N) is 2. The summed E-state index contributed by atoms with van der Waals surface area (Å²) < 4.78 is 14.0. The molecule has 5 aromatic rings. The standard InChI is InChI=1S/C29H34N8O5/c1-17(2)37-25-19(27(39)36(37)16-41-5)11-12-23(33-25)32-24-13-21(31-22(15-38)18-9-7-6-8-10-18)20(14-30-24)26-34-28(35-42-26)29(3,4)40/h6-14,17,22,38,40H,15-16H2,1-5H3,(H2,30,31,32,33)/t22-/m1/s1. The number of anilines is 3. The summed E-state index contributed by atoms with van der Waals surface area (Å²) in [6.07, 6.45) is 1.56. The summed E-state index contributed by atoms with van der Waals surface area (Å²) >= 11 is 0. The third-order valence-electron chi connectivity index (χ3n) is 6.64. The highest BCUT2D eigenvalue weighted by Crippen LogP contribution is 2.33. The van der Waals surface area contributed by atoms with Gasteiger partial charge in [-0.15, -0.1) is 0 Å². The van der Waals surface area contributed by atoms with Gasteiger partial charge in [-0.1, -0.05) is 35.5 Å². The first kappa shape index (κ1) is 28.9. The van der Waals surface area contributed by atoms with Crippen LogP contribution in [0.15, 0.2) is 64.0 Å². The molecule has 1 aromatic carbocycles. The van der Waals surface area contributed by atoms with Crippen molar-refractivity contribution in [1.82, 2.24) is 29.5 Å². The van der Waals surface area contributed by atoms with E-state index in [1.54, 1.807) is 42.9 Å². The largest absolute Gasteiger partial charge is 0.394 e. The van der Waals surface area contributed by atoms with Gasteiger partial charge in [0, 0.05) is 25.4 Å². The number of aromatic nitrogens is 6. The predicted molar refractivity (Wildman–Crippen MR) is 157 cm³/mol. The Morgan fingerprint density at radius 2 is 1.86 bits per heavy atom. The first-order valence-corrected chi connectivity index (χ1v) is 13.5. The van der Waals surface area contributed by atoms with E-state index in [2.05, 4.69) is 25.8 Å². The molecule has 13 heteroatoms. The quantitative estimate of drug-likeness (QED) is 0.180. The highest BCUT2D eigenvalue weighted by atomic mass is 16.5. The van der Waals surface area contributed by atoms with Crippen molar-refractivity contribution in [1.29, 1.82) is 0 Å². The van der Waals surface area contributed by atoms with Gasteiger partial charge in [0.05, 0.1) is 29.3 Å². The molecule has 5 rings (SSSR count). The van der Waals surface area contributed by atoms with E-state index >= 15 is 0 Å². The van der Waals surface area contributed by atoms with Gasteiger partial charge in [-0.3, -0.25) is 9.48 Å². The molecule has 0 fully saturated rings. The SMILES string of the molecule is COCn1c(=O)c2ccc(Nc3cc(N[C@H](CO)c4ccccc4)c(-c4nc(C(C)(C)O)no4)cn3)nc2n1C(C)C. The Balaban J connectivity index is 1.55. The van der Waals surface area contributed by atoms with Crippen LogP contribution in [0.1, 0.15) is 51.2 Å². The molecular formula is C29H34N8O5. The molecule has 4 N–H and O–H groups in total. The first-order chi connectivity index (χ1) is 20.1. The average molecular weight is 575 g/mol. The van der Waals surface area contributed by atoms with Crippen LogP contribution in [0.2, 0.25) is 0 Å². The summed E-state index contributed by atoms with van der Waals surface area (Å²) in [7, 11) is 1.54. The number of nitrogens with zero attached hydrogens (tertiary/aromatic N) is 6. The molecule has 0 aliphatic heterocycles. The number of pyridine rings is 2. The summed E-state index contributed by atoms with van der Waals surface area (Å²) in [5.41, 5.74) is 0.931. The second-order valence-electron chi connectivity index (χ2n) is 10.6. The third kappa shape index (κ3) is 5.75. The molecule has 0 radical (unpaired) electrons. The molecular weight excluding hydrogens is 540 g/mol. The van der Waals surface area contributed by atoms with Crippen molar-refractivity contribution in [3.05, 3.63) is 76.5 Å². The minimum absolute atomic E-state index is 0.0436. The smallest absolute Gasteiger partial charge is 0.278 e. The van der Waals surface area contributed by atoms with Crippen molar-refractivity contribution in [2.75, 3.05) is 24.4 Å². The van der Waals surface area contributed by atoms with Crippen LogP contribution in [0.3, 0.4) is 0 Å². The van der Waals surface area contributed by atoms with Crippen molar-refractivity contribution < 1.29 is 19.5 Å². The van der Waals surface area contributed by atoms with Gasteiger partial charge in [0.25, 0.3) is 11.4 Å². The van der Waals surface area contributed by atoms with E-state index in [0.717, 1.165) is 5.56 Å². The number of aliphatic hydroxyl groups excluding tert-OH is 1. The van der Waals surface area contributed by atoms with Crippen molar-refractivity contribution in [2.24, 2.45) is 0 Å². The number of fused-ring (bicyclic) bond motifs is 1. The van der Waals surface area contributed by atoms with Gasteiger partial charge < -0.3 is 30.1 Å². The van der Waals surface area contributed by atoms with E-state index in [-0.39, 0.29) is 36.7 Å². The molecule has 0 amide bonds. The maximum absolute atomic E-state index is 13.0. The molecule has 220 valence electrons. The van der Waals surface area contributed by atoms with Gasteiger partial charge in [-0.25, -0.2) is 14.6 Å². The molecule has 0 unspecified atom stereocenters. The molecule has 0 saturated heterocycles. The summed E-state index contributed by atoms with van der Waals surface area (Å²) in [5.74, 6) is 1.19. The van der Waals surface area contributed by atoms with Gasteiger partial charge in [0.15, 0.2) is 5.65 Å². The van der Waals surface area contributed by atoms with Crippen molar-refractivity contribution in [3.8, 4) is 11.5 Å². The van der Waals surface area contributed by atoms with Crippen LogP contribution in [-0.4, -0.2) is 53.4 Å². The molecule has 0 saturated carbocycles.